The Bertz CT molecular complexity index is 1050. The van der Waals surface area contributed by atoms with Crippen LogP contribution in [0.1, 0.15) is 15.9 Å². The molecule has 0 N–H and O–H groups in total. The van der Waals surface area contributed by atoms with Gasteiger partial charge in [0.1, 0.15) is 11.3 Å². The molecule has 1 aliphatic heterocycles. The lowest BCUT2D eigenvalue weighted by Gasteiger charge is -2.18. The Morgan fingerprint density at radius 1 is 1.16 bits per heavy atom. The van der Waals surface area contributed by atoms with E-state index in [2.05, 4.69) is 0 Å². The minimum absolute atomic E-state index is 0.181. The monoisotopic (exact) mass is 334 g/mol. The van der Waals surface area contributed by atoms with E-state index in [9.17, 15) is 9.59 Å². The molecule has 0 unspecified atom stereocenters. The molecule has 3 aromatic rings. The first-order chi connectivity index (χ1) is 12.1. The standard InChI is InChI=1S/C20H18N2O3/c1-21-12-16(19(23)15-11-14(25-2)7-8-18(15)21)20(24)22-10-9-13-5-3-4-6-17(13)22/h3-8,11-12H,9-10H2,1-2H3. The smallest absolute Gasteiger partial charge is 0.263 e. The van der Waals surface area contributed by atoms with Crippen molar-refractivity contribution in [1.29, 1.82) is 0 Å². The number of aromatic nitrogens is 1. The van der Waals surface area contributed by atoms with E-state index in [4.69, 9.17) is 4.74 Å². The van der Waals surface area contributed by atoms with Gasteiger partial charge >= 0.3 is 0 Å². The highest BCUT2D eigenvalue weighted by Crippen LogP contribution is 2.28. The van der Waals surface area contributed by atoms with Crippen molar-refractivity contribution in [2.24, 2.45) is 7.05 Å². The summed E-state index contributed by atoms with van der Waals surface area (Å²) in [6, 6.07) is 13.1. The Kier molecular flexibility index (Phi) is 3.57. The summed E-state index contributed by atoms with van der Waals surface area (Å²) in [7, 11) is 3.39. The SMILES string of the molecule is COc1ccc2c(c1)c(=O)c(C(=O)N1CCc3ccccc31)cn2C. The van der Waals surface area contributed by atoms with Crippen LogP contribution in [0.5, 0.6) is 5.75 Å². The predicted molar refractivity (Wildman–Crippen MR) is 97.6 cm³/mol. The fraction of sp³-hybridized carbons (Fsp3) is 0.200. The van der Waals surface area contributed by atoms with Crippen molar-refractivity contribution in [3.63, 3.8) is 0 Å². The molecule has 0 atom stereocenters. The molecule has 0 fully saturated rings. The number of para-hydroxylation sites is 1. The molecular weight excluding hydrogens is 316 g/mol. The average molecular weight is 334 g/mol. The van der Waals surface area contributed by atoms with Crippen molar-refractivity contribution in [1.82, 2.24) is 4.57 Å². The number of hydrogen-bond acceptors (Lipinski definition) is 3. The van der Waals surface area contributed by atoms with Gasteiger partial charge in [-0.25, -0.2) is 0 Å². The maximum atomic E-state index is 13.1. The molecule has 1 aliphatic rings. The Labute approximate surface area is 145 Å². The molecule has 0 saturated carbocycles. The number of pyridine rings is 1. The summed E-state index contributed by atoms with van der Waals surface area (Å²) < 4.78 is 7.03. The first-order valence-corrected chi connectivity index (χ1v) is 8.17. The Balaban J connectivity index is 1.86. The number of rotatable bonds is 2. The average Bonchev–Trinajstić information content (AvgIpc) is 3.07. The number of hydrogen-bond donors (Lipinski definition) is 0. The van der Waals surface area contributed by atoms with Gasteiger partial charge in [0.15, 0.2) is 0 Å². The third-order valence-corrected chi connectivity index (χ3v) is 4.76. The first kappa shape index (κ1) is 15.4. The number of anilines is 1. The van der Waals surface area contributed by atoms with Gasteiger partial charge in [-0.3, -0.25) is 9.59 Å². The molecule has 5 nitrogen and oxygen atoms in total. The lowest BCUT2D eigenvalue weighted by molar-refractivity contribution is 0.0988. The minimum Gasteiger partial charge on any atom is -0.497 e. The Morgan fingerprint density at radius 3 is 2.76 bits per heavy atom. The molecule has 25 heavy (non-hydrogen) atoms. The van der Waals surface area contributed by atoms with Crippen LogP contribution in [-0.4, -0.2) is 24.1 Å². The van der Waals surface area contributed by atoms with Crippen LogP contribution < -0.4 is 15.1 Å². The van der Waals surface area contributed by atoms with Gasteiger partial charge in [-0.2, -0.15) is 0 Å². The van der Waals surface area contributed by atoms with Crippen LogP contribution in [0.25, 0.3) is 10.9 Å². The van der Waals surface area contributed by atoms with E-state index in [0.717, 1.165) is 23.2 Å². The van der Waals surface area contributed by atoms with Crippen LogP contribution in [0.4, 0.5) is 5.69 Å². The van der Waals surface area contributed by atoms with Crippen molar-refractivity contribution in [2.45, 2.75) is 6.42 Å². The summed E-state index contributed by atoms with van der Waals surface area (Å²) in [4.78, 5) is 27.7. The lowest BCUT2D eigenvalue weighted by Crippen LogP contribution is -2.33. The molecule has 2 aromatic carbocycles. The van der Waals surface area contributed by atoms with Gasteiger partial charge < -0.3 is 14.2 Å². The molecule has 4 rings (SSSR count). The zero-order chi connectivity index (χ0) is 17.6. The number of aryl methyl sites for hydroxylation is 1. The summed E-state index contributed by atoms with van der Waals surface area (Å²) in [6.45, 7) is 0.595. The lowest BCUT2D eigenvalue weighted by atomic mass is 10.1. The van der Waals surface area contributed by atoms with E-state index in [0.29, 0.717) is 17.7 Å². The van der Waals surface area contributed by atoms with Crippen molar-refractivity contribution < 1.29 is 9.53 Å². The second kappa shape index (κ2) is 5.77. The molecule has 1 amide bonds. The van der Waals surface area contributed by atoms with Crippen molar-refractivity contribution >= 4 is 22.5 Å². The quantitative estimate of drug-likeness (QED) is 0.724. The van der Waals surface area contributed by atoms with Gasteiger partial charge in [0.2, 0.25) is 5.43 Å². The molecule has 0 saturated heterocycles. The van der Waals surface area contributed by atoms with Crippen LogP contribution in [0.3, 0.4) is 0 Å². The second-order valence-electron chi connectivity index (χ2n) is 6.20. The third-order valence-electron chi connectivity index (χ3n) is 4.76. The van der Waals surface area contributed by atoms with E-state index >= 15 is 0 Å². The van der Waals surface area contributed by atoms with Crippen LogP contribution in [-0.2, 0) is 13.5 Å². The molecule has 1 aromatic heterocycles. The van der Waals surface area contributed by atoms with E-state index in [1.807, 2.05) is 41.9 Å². The fourth-order valence-electron chi connectivity index (χ4n) is 3.45. The van der Waals surface area contributed by atoms with Crippen LogP contribution in [0.2, 0.25) is 0 Å². The number of amides is 1. The van der Waals surface area contributed by atoms with Crippen molar-refractivity contribution in [2.75, 3.05) is 18.6 Å². The van der Waals surface area contributed by atoms with Gasteiger partial charge in [0, 0.05) is 25.5 Å². The first-order valence-electron chi connectivity index (χ1n) is 8.17. The molecule has 0 spiro atoms. The van der Waals surface area contributed by atoms with E-state index in [-0.39, 0.29) is 16.9 Å². The minimum atomic E-state index is -0.263. The van der Waals surface area contributed by atoms with Crippen LogP contribution in [0, 0.1) is 0 Å². The summed E-state index contributed by atoms with van der Waals surface area (Å²) in [5.41, 5.74) is 2.71. The highest BCUT2D eigenvalue weighted by atomic mass is 16.5. The number of fused-ring (bicyclic) bond motifs is 2. The largest absolute Gasteiger partial charge is 0.497 e. The molecule has 0 radical (unpaired) electrons. The molecule has 5 heteroatoms. The molecule has 2 heterocycles. The molecule has 0 bridgehead atoms. The Hall–Kier alpha value is -3.08. The summed E-state index contributed by atoms with van der Waals surface area (Å²) >= 11 is 0. The number of nitrogens with zero attached hydrogens (tertiary/aromatic N) is 2. The molecular formula is C20H18N2O3. The number of carbonyl (C=O) groups excluding carboxylic acids is 1. The van der Waals surface area contributed by atoms with Crippen molar-refractivity contribution in [3.05, 3.63) is 70.0 Å². The maximum absolute atomic E-state index is 13.1. The zero-order valence-electron chi connectivity index (χ0n) is 14.2. The van der Waals surface area contributed by atoms with E-state index < -0.39 is 0 Å². The summed E-state index contributed by atoms with van der Waals surface area (Å²) in [5, 5.41) is 0.486. The highest BCUT2D eigenvalue weighted by molar-refractivity contribution is 6.08. The highest BCUT2D eigenvalue weighted by Gasteiger charge is 2.27. The van der Waals surface area contributed by atoms with Gasteiger partial charge in [0.25, 0.3) is 5.91 Å². The second-order valence-corrected chi connectivity index (χ2v) is 6.20. The normalized spacial score (nSPS) is 13.1. The van der Waals surface area contributed by atoms with Crippen molar-refractivity contribution in [3.8, 4) is 5.75 Å². The third kappa shape index (κ3) is 2.39. The Morgan fingerprint density at radius 2 is 1.96 bits per heavy atom. The van der Waals surface area contributed by atoms with Crippen LogP contribution >= 0.6 is 0 Å². The number of carbonyl (C=O) groups is 1. The summed E-state index contributed by atoms with van der Waals surface area (Å²) in [6.07, 6.45) is 2.43. The number of methoxy groups -OCH3 is 1. The van der Waals surface area contributed by atoms with Gasteiger partial charge in [0.05, 0.1) is 18.0 Å². The van der Waals surface area contributed by atoms with E-state index in [1.54, 1.807) is 30.3 Å². The molecule has 0 aliphatic carbocycles. The zero-order valence-corrected chi connectivity index (χ0v) is 14.2. The summed E-state index contributed by atoms with van der Waals surface area (Å²) in [5.74, 6) is 0.344. The molecule has 126 valence electrons. The number of ether oxygens (including phenoxy) is 1. The van der Waals surface area contributed by atoms with Gasteiger partial charge in [-0.1, -0.05) is 18.2 Å². The predicted octanol–water partition coefficient (Wildman–Crippen LogP) is 2.75. The maximum Gasteiger partial charge on any atom is 0.263 e. The van der Waals surface area contributed by atoms with E-state index in [1.165, 1.54) is 0 Å². The van der Waals surface area contributed by atoms with Gasteiger partial charge in [-0.15, -0.1) is 0 Å². The van der Waals surface area contributed by atoms with Gasteiger partial charge in [-0.05, 0) is 36.2 Å². The number of benzene rings is 2. The van der Waals surface area contributed by atoms with Crippen LogP contribution in [0.15, 0.2) is 53.5 Å². The topological polar surface area (TPSA) is 51.5 Å². The fourth-order valence-corrected chi connectivity index (χ4v) is 3.45.